The van der Waals surface area contributed by atoms with Crippen LogP contribution in [-0.4, -0.2) is 41.2 Å². The molecule has 2 atom stereocenters. The van der Waals surface area contributed by atoms with Gasteiger partial charge < -0.3 is 14.7 Å². The molecule has 0 bridgehead atoms. The summed E-state index contributed by atoms with van der Waals surface area (Å²) in [7, 11) is 0. The van der Waals surface area contributed by atoms with Crippen LogP contribution in [0.4, 0.5) is 0 Å². The number of carbonyl (C=O) groups excluding carboxylic acids is 1. The van der Waals surface area contributed by atoms with Gasteiger partial charge in [-0.3, -0.25) is 4.79 Å². The van der Waals surface area contributed by atoms with Crippen LogP contribution in [0, 0.1) is 0 Å². The molecule has 0 radical (unpaired) electrons. The zero-order valence-corrected chi connectivity index (χ0v) is 14.9. The van der Waals surface area contributed by atoms with Crippen molar-refractivity contribution in [3.8, 4) is 5.75 Å². The lowest BCUT2D eigenvalue weighted by atomic mass is 10.0. The lowest BCUT2D eigenvalue weighted by Crippen LogP contribution is -2.51. The van der Waals surface area contributed by atoms with E-state index in [0.717, 1.165) is 15.8 Å². The van der Waals surface area contributed by atoms with Crippen molar-refractivity contribution in [1.82, 2.24) is 4.90 Å². The lowest BCUT2D eigenvalue weighted by Gasteiger charge is -2.36. The third kappa shape index (κ3) is 4.36. The van der Waals surface area contributed by atoms with Gasteiger partial charge in [-0.15, -0.1) is 0 Å². The average molecular weight is 390 g/mol. The molecule has 24 heavy (non-hydrogen) atoms. The van der Waals surface area contributed by atoms with E-state index in [1.54, 1.807) is 4.90 Å². The largest absolute Gasteiger partial charge is 0.488 e. The number of ether oxygens (including phenoxy) is 1. The minimum absolute atomic E-state index is 0.0438. The summed E-state index contributed by atoms with van der Waals surface area (Å²) >= 11 is 3.38. The third-order valence-corrected chi connectivity index (χ3v) is 4.70. The molecule has 1 fully saturated rings. The Hall–Kier alpha value is -1.85. The van der Waals surface area contributed by atoms with Crippen LogP contribution in [-0.2, 0) is 11.2 Å². The number of carbonyl (C=O) groups is 1. The van der Waals surface area contributed by atoms with Crippen molar-refractivity contribution in [3.63, 3.8) is 0 Å². The average Bonchev–Trinajstić information content (AvgIpc) is 2.59. The maximum absolute atomic E-state index is 12.4. The molecule has 1 saturated heterocycles. The van der Waals surface area contributed by atoms with Gasteiger partial charge in [-0.1, -0.05) is 46.3 Å². The second kappa shape index (κ2) is 7.81. The molecule has 1 aliphatic rings. The first-order valence-electron chi connectivity index (χ1n) is 8.04. The van der Waals surface area contributed by atoms with Crippen molar-refractivity contribution in [1.29, 1.82) is 0 Å². The number of aliphatic hydroxyl groups excluding tert-OH is 1. The molecule has 3 rings (SSSR count). The highest BCUT2D eigenvalue weighted by molar-refractivity contribution is 9.10. The number of β-amino-alcohol motifs (C(OH)–C–C–N with tert-alkyl or cyclic N) is 1. The van der Waals surface area contributed by atoms with Gasteiger partial charge in [-0.2, -0.15) is 0 Å². The zero-order valence-electron chi connectivity index (χ0n) is 13.3. The van der Waals surface area contributed by atoms with Gasteiger partial charge in [-0.25, -0.2) is 0 Å². The molecule has 5 heteroatoms. The van der Waals surface area contributed by atoms with Crippen LogP contribution in [0.3, 0.4) is 0 Å². The Balaban J connectivity index is 1.54. The summed E-state index contributed by atoms with van der Waals surface area (Å²) in [6.45, 7) is 0.913. The first-order valence-corrected chi connectivity index (χ1v) is 8.83. The number of likely N-dealkylation sites (tertiary alicyclic amines) is 1. The Morgan fingerprint density at radius 1 is 1.17 bits per heavy atom. The predicted octanol–water partition coefficient (Wildman–Crippen LogP) is 3.03. The maximum atomic E-state index is 12.4. The number of hydrogen-bond acceptors (Lipinski definition) is 3. The topological polar surface area (TPSA) is 49.8 Å². The smallest absolute Gasteiger partial charge is 0.227 e. The van der Waals surface area contributed by atoms with E-state index >= 15 is 0 Å². The lowest BCUT2D eigenvalue weighted by molar-refractivity contribution is -0.136. The van der Waals surface area contributed by atoms with E-state index in [4.69, 9.17) is 4.74 Å². The monoisotopic (exact) mass is 389 g/mol. The number of amides is 1. The van der Waals surface area contributed by atoms with Crippen LogP contribution in [0.15, 0.2) is 59.1 Å². The van der Waals surface area contributed by atoms with E-state index < -0.39 is 6.10 Å². The highest BCUT2D eigenvalue weighted by Gasteiger charge is 2.31. The van der Waals surface area contributed by atoms with Gasteiger partial charge in [0.05, 0.1) is 13.0 Å². The first-order chi connectivity index (χ1) is 11.6. The van der Waals surface area contributed by atoms with E-state index in [2.05, 4.69) is 15.9 Å². The van der Waals surface area contributed by atoms with E-state index in [-0.39, 0.29) is 12.0 Å². The summed E-state index contributed by atoms with van der Waals surface area (Å²) in [5, 5.41) is 10.3. The summed E-state index contributed by atoms with van der Waals surface area (Å²) in [5.74, 6) is 0.772. The van der Waals surface area contributed by atoms with Crippen LogP contribution in [0.2, 0.25) is 0 Å². The Kier molecular flexibility index (Phi) is 5.53. The molecule has 1 N–H and O–H groups in total. The second-order valence-corrected chi connectivity index (χ2v) is 6.88. The minimum atomic E-state index is -0.679. The number of hydrogen-bond donors (Lipinski definition) is 1. The van der Waals surface area contributed by atoms with Gasteiger partial charge in [0, 0.05) is 17.4 Å². The maximum Gasteiger partial charge on any atom is 0.227 e. The molecular formula is C19H20BrNO3. The summed E-state index contributed by atoms with van der Waals surface area (Å²) in [4.78, 5) is 14.1. The Morgan fingerprint density at radius 3 is 2.54 bits per heavy atom. The number of aliphatic hydroxyl groups is 1. The van der Waals surface area contributed by atoms with E-state index in [1.807, 2.05) is 54.6 Å². The third-order valence-electron chi connectivity index (χ3n) is 4.17. The van der Waals surface area contributed by atoms with Gasteiger partial charge in [0.15, 0.2) is 0 Å². The molecule has 1 amide bonds. The van der Waals surface area contributed by atoms with Crippen LogP contribution < -0.4 is 4.74 Å². The fourth-order valence-electron chi connectivity index (χ4n) is 2.84. The SMILES string of the molecule is O=C(Cc1ccccc1)N1CCC(Oc2ccc(Br)cc2)C(O)C1. The number of halogens is 1. The Bertz CT molecular complexity index is 675. The Labute approximate surface area is 150 Å². The van der Waals surface area contributed by atoms with E-state index in [1.165, 1.54) is 0 Å². The van der Waals surface area contributed by atoms with Gasteiger partial charge in [0.2, 0.25) is 5.91 Å². The number of nitrogens with zero attached hydrogens (tertiary/aromatic N) is 1. The standard InChI is InChI=1S/C19H20BrNO3/c20-15-6-8-16(9-7-15)24-18-10-11-21(13-17(18)22)19(23)12-14-4-2-1-3-5-14/h1-9,17-18,22H,10-13H2. The van der Waals surface area contributed by atoms with Crippen LogP contribution in [0.1, 0.15) is 12.0 Å². The van der Waals surface area contributed by atoms with Crippen LogP contribution >= 0.6 is 15.9 Å². The molecule has 0 aromatic heterocycles. The first kappa shape index (κ1) is 17.0. The van der Waals surface area contributed by atoms with Crippen molar-refractivity contribution in [2.45, 2.75) is 25.0 Å². The molecule has 0 spiro atoms. The van der Waals surface area contributed by atoms with Gasteiger partial charge >= 0.3 is 0 Å². The second-order valence-electron chi connectivity index (χ2n) is 5.97. The molecular weight excluding hydrogens is 370 g/mol. The van der Waals surface area contributed by atoms with Gasteiger partial charge in [0.25, 0.3) is 0 Å². The fraction of sp³-hybridized carbons (Fsp3) is 0.316. The molecule has 1 aliphatic heterocycles. The highest BCUT2D eigenvalue weighted by Crippen LogP contribution is 2.22. The number of piperidine rings is 1. The molecule has 2 aromatic carbocycles. The van der Waals surface area contributed by atoms with Crippen molar-refractivity contribution >= 4 is 21.8 Å². The molecule has 2 aromatic rings. The molecule has 2 unspecified atom stereocenters. The molecule has 4 nitrogen and oxygen atoms in total. The quantitative estimate of drug-likeness (QED) is 0.873. The van der Waals surface area contributed by atoms with Crippen molar-refractivity contribution in [2.75, 3.05) is 13.1 Å². The molecule has 1 heterocycles. The van der Waals surface area contributed by atoms with Crippen molar-refractivity contribution in [2.24, 2.45) is 0 Å². The predicted molar refractivity (Wildman–Crippen MR) is 95.9 cm³/mol. The zero-order chi connectivity index (χ0) is 16.9. The fourth-order valence-corrected chi connectivity index (χ4v) is 3.11. The van der Waals surface area contributed by atoms with Crippen LogP contribution in [0.5, 0.6) is 5.75 Å². The highest BCUT2D eigenvalue weighted by atomic mass is 79.9. The molecule has 126 valence electrons. The molecule has 0 aliphatic carbocycles. The van der Waals surface area contributed by atoms with Gasteiger partial charge in [0.1, 0.15) is 18.0 Å². The molecule has 0 saturated carbocycles. The summed E-state index contributed by atoms with van der Waals surface area (Å²) in [6, 6.07) is 17.2. The summed E-state index contributed by atoms with van der Waals surface area (Å²) in [6.07, 6.45) is 0.0258. The number of benzene rings is 2. The summed E-state index contributed by atoms with van der Waals surface area (Å²) in [5.41, 5.74) is 0.991. The minimum Gasteiger partial charge on any atom is -0.488 e. The van der Waals surface area contributed by atoms with Crippen molar-refractivity contribution < 1.29 is 14.6 Å². The van der Waals surface area contributed by atoms with E-state index in [9.17, 15) is 9.90 Å². The summed E-state index contributed by atoms with van der Waals surface area (Å²) < 4.78 is 6.84. The normalized spacial score (nSPS) is 20.7. The van der Waals surface area contributed by atoms with Crippen LogP contribution in [0.25, 0.3) is 0 Å². The number of rotatable bonds is 4. The van der Waals surface area contributed by atoms with Gasteiger partial charge in [-0.05, 0) is 29.8 Å². The Morgan fingerprint density at radius 2 is 1.88 bits per heavy atom. The van der Waals surface area contributed by atoms with E-state index in [0.29, 0.717) is 25.9 Å². The van der Waals surface area contributed by atoms with Crippen molar-refractivity contribution in [3.05, 3.63) is 64.6 Å².